The standard InChI is InChI=1S/C17H13N3OS/c1-12-5-4-6-13(11-12)19-17-20(10-9-18)16(21)14-7-2-3-8-15(14)22-17/h2-8,11H,10H2,1H3. The molecule has 1 aromatic heterocycles. The van der Waals surface area contributed by atoms with Crippen molar-refractivity contribution in [3.8, 4) is 6.07 Å². The molecule has 0 unspecified atom stereocenters. The highest BCUT2D eigenvalue weighted by atomic mass is 32.1. The predicted octanol–water partition coefficient (Wildman–Crippen LogP) is 3.13. The van der Waals surface area contributed by atoms with E-state index in [-0.39, 0.29) is 12.1 Å². The third-order valence-corrected chi connectivity index (χ3v) is 4.32. The summed E-state index contributed by atoms with van der Waals surface area (Å²) in [5, 5.41) is 9.62. The molecule has 0 bridgehead atoms. The van der Waals surface area contributed by atoms with Gasteiger partial charge in [0.05, 0.1) is 17.1 Å². The smallest absolute Gasteiger partial charge is 0.262 e. The molecule has 0 amide bonds. The average molecular weight is 307 g/mol. The number of nitriles is 1. The summed E-state index contributed by atoms with van der Waals surface area (Å²) in [5.41, 5.74) is 1.70. The number of benzene rings is 2. The summed E-state index contributed by atoms with van der Waals surface area (Å²) in [6.07, 6.45) is 0. The maximum absolute atomic E-state index is 12.6. The van der Waals surface area contributed by atoms with Crippen LogP contribution in [0.4, 0.5) is 5.69 Å². The van der Waals surface area contributed by atoms with Crippen LogP contribution in [0.3, 0.4) is 0 Å². The van der Waals surface area contributed by atoms with Gasteiger partial charge in [-0.15, -0.1) is 0 Å². The first-order valence-corrected chi connectivity index (χ1v) is 7.62. The molecule has 108 valence electrons. The van der Waals surface area contributed by atoms with Gasteiger partial charge in [-0.1, -0.05) is 35.6 Å². The SMILES string of the molecule is Cc1cccc(N=c2sc3ccccc3c(=O)n2CC#N)c1. The Morgan fingerprint density at radius 3 is 2.82 bits per heavy atom. The Labute approximate surface area is 131 Å². The van der Waals surface area contributed by atoms with E-state index in [4.69, 9.17) is 5.26 Å². The van der Waals surface area contributed by atoms with Gasteiger partial charge in [0.2, 0.25) is 0 Å². The second-order valence-electron chi connectivity index (χ2n) is 4.88. The molecule has 0 aliphatic rings. The maximum atomic E-state index is 12.6. The van der Waals surface area contributed by atoms with E-state index in [1.165, 1.54) is 15.9 Å². The van der Waals surface area contributed by atoms with Gasteiger partial charge in [0.1, 0.15) is 6.54 Å². The minimum atomic E-state index is -0.178. The van der Waals surface area contributed by atoms with Crippen molar-refractivity contribution in [1.29, 1.82) is 5.26 Å². The van der Waals surface area contributed by atoms with E-state index in [1.54, 1.807) is 6.07 Å². The Kier molecular flexibility index (Phi) is 3.86. The first-order valence-electron chi connectivity index (χ1n) is 6.80. The van der Waals surface area contributed by atoms with Crippen LogP contribution < -0.4 is 10.4 Å². The lowest BCUT2D eigenvalue weighted by Crippen LogP contribution is -2.31. The first kappa shape index (κ1) is 14.2. The molecule has 0 fully saturated rings. The van der Waals surface area contributed by atoms with Gasteiger partial charge >= 0.3 is 0 Å². The van der Waals surface area contributed by atoms with Crippen LogP contribution in [0.25, 0.3) is 10.1 Å². The zero-order chi connectivity index (χ0) is 15.5. The van der Waals surface area contributed by atoms with Crippen LogP contribution in [0, 0.1) is 18.3 Å². The molecule has 3 rings (SSSR count). The van der Waals surface area contributed by atoms with Gasteiger partial charge < -0.3 is 0 Å². The Bertz CT molecular complexity index is 1010. The number of aryl methyl sites for hydroxylation is 1. The van der Waals surface area contributed by atoms with E-state index < -0.39 is 0 Å². The van der Waals surface area contributed by atoms with Crippen LogP contribution in [0.2, 0.25) is 0 Å². The van der Waals surface area contributed by atoms with Crippen LogP contribution in [0.15, 0.2) is 58.3 Å². The molecular formula is C17H13N3OS. The van der Waals surface area contributed by atoms with E-state index in [1.807, 2.05) is 55.5 Å². The van der Waals surface area contributed by atoms with Gasteiger partial charge in [0.25, 0.3) is 5.56 Å². The fraction of sp³-hybridized carbons (Fsp3) is 0.118. The van der Waals surface area contributed by atoms with Gasteiger partial charge in [-0.05, 0) is 36.8 Å². The molecule has 0 radical (unpaired) electrons. The van der Waals surface area contributed by atoms with E-state index in [2.05, 4.69) is 4.99 Å². The highest BCUT2D eigenvalue weighted by molar-refractivity contribution is 7.15. The van der Waals surface area contributed by atoms with E-state index >= 15 is 0 Å². The van der Waals surface area contributed by atoms with Crippen molar-refractivity contribution in [2.24, 2.45) is 4.99 Å². The summed E-state index contributed by atoms with van der Waals surface area (Å²) in [6, 6.07) is 17.2. The minimum absolute atomic E-state index is 0.00911. The predicted molar refractivity (Wildman–Crippen MR) is 88.1 cm³/mol. The van der Waals surface area contributed by atoms with Crippen LogP contribution in [0.1, 0.15) is 5.56 Å². The molecule has 0 aliphatic heterocycles. The molecule has 0 aliphatic carbocycles. The Morgan fingerprint density at radius 1 is 1.23 bits per heavy atom. The largest absolute Gasteiger partial charge is 0.270 e. The molecule has 5 heteroatoms. The topological polar surface area (TPSA) is 58.1 Å². The lowest BCUT2D eigenvalue weighted by molar-refractivity contribution is 0.766. The summed E-state index contributed by atoms with van der Waals surface area (Å²) >= 11 is 1.41. The van der Waals surface area contributed by atoms with E-state index in [0.717, 1.165) is 16.0 Å². The van der Waals surface area contributed by atoms with Crippen molar-refractivity contribution in [1.82, 2.24) is 4.57 Å². The lowest BCUT2D eigenvalue weighted by atomic mass is 10.2. The summed E-state index contributed by atoms with van der Waals surface area (Å²) in [7, 11) is 0. The molecule has 22 heavy (non-hydrogen) atoms. The molecule has 0 saturated carbocycles. The lowest BCUT2D eigenvalue weighted by Gasteiger charge is -2.04. The molecule has 0 N–H and O–H groups in total. The zero-order valence-electron chi connectivity index (χ0n) is 12.0. The second kappa shape index (κ2) is 5.96. The molecule has 1 heterocycles. The van der Waals surface area contributed by atoms with Crippen molar-refractivity contribution in [3.05, 3.63) is 69.2 Å². The molecular weight excluding hydrogens is 294 g/mol. The number of rotatable bonds is 2. The molecule has 0 spiro atoms. The van der Waals surface area contributed by atoms with Gasteiger partial charge in [0.15, 0.2) is 4.80 Å². The average Bonchev–Trinajstić information content (AvgIpc) is 2.51. The fourth-order valence-electron chi connectivity index (χ4n) is 2.22. The number of nitrogens with zero attached hydrogens (tertiary/aromatic N) is 3. The van der Waals surface area contributed by atoms with Gasteiger partial charge in [0, 0.05) is 4.70 Å². The Morgan fingerprint density at radius 2 is 2.05 bits per heavy atom. The quantitative estimate of drug-likeness (QED) is 0.730. The highest BCUT2D eigenvalue weighted by Crippen LogP contribution is 2.15. The minimum Gasteiger partial charge on any atom is -0.270 e. The van der Waals surface area contributed by atoms with Crippen molar-refractivity contribution >= 4 is 27.1 Å². The van der Waals surface area contributed by atoms with Crippen molar-refractivity contribution in [2.45, 2.75) is 13.5 Å². The van der Waals surface area contributed by atoms with Crippen molar-refractivity contribution < 1.29 is 0 Å². The van der Waals surface area contributed by atoms with Crippen LogP contribution in [-0.2, 0) is 6.54 Å². The molecule has 4 nitrogen and oxygen atoms in total. The highest BCUT2D eigenvalue weighted by Gasteiger charge is 2.06. The summed E-state index contributed by atoms with van der Waals surface area (Å²) in [4.78, 5) is 17.7. The Hall–Kier alpha value is -2.71. The second-order valence-corrected chi connectivity index (χ2v) is 5.89. The number of hydrogen-bond acceptors (Lipinski definition) is 4. The molecule has 0 saturated heterocycles. The first-order chi connectivity index (χ1) is 10.7. The third kappa shape index (κ3) is 2.69. The number of fused-ring (bicyclic) bond motifs is 1. The number of hydrogen-bond donors (Lipinski definition) is 0. The summed E-state index contributed by atoms with van der Waals surface area (Å²) in [6.45, 7) is 1.98. The molecule has 0 atom stereocenters. The normalized spacial score (nSPS) is 11.5. The monoisotopic (exact) mass is 307 g/mol. The van der Waals surface area contributed by atoms with Gasteiger partial charge in [-0.2, -0.15) is 5.26 Å². The van der Waals surface area contributed by atoms with Gasteiger partial charge in [-0.3, -0.25) is 9.36 Å². The zero-order valence-corrected chi connectivity index (χ0v) is 12.8. The fourth-order valence-corrected chi connectivity index (χ4v) is 3.24. The van der Waals surface area contributed by atoms with Crippen molar-refractivity contribution in [3.63, 3.8) is 0 Å². The number of aromatic nitrogens is 1. The van der Waals surface area contributed by atoms with E-state index in [0.29, 0.717) is 10.2 Å². The summed E-state index contributed by atoms with van der Waals surface area (Å²) < 4.78 is 2.29. The third-order valence-electron chi connectivity index (χ3n) is 3.25. The maximum Gasteiger partial charge on any atom is 0.262 e. The van der Waals surface area contributed by atoms with Crippen LogP contribution >= 0.6 is 11.3 Å². The van der Waals surface area contributed by atoms with Crippen molar-refractivity contribution in [2.75, 3.05) is 0 Å². The van der Waals surface area contributed by atoms with Gasteiger partial charge in [-0.25, -0.2) is 4.99 Å². The summed E-state index contributed by atoms with van der Waals surface area (Å²) in [5.74, 6) is 0. The molecule has 3 aromatic rings. The Balaban J connectivity index is 2.35. The van der Waals surface area contributed by atoms with Crippen LogP contribution in [-0.4, -0.2) is 4.57 Å². The molecule has 2 aromatic carbocycles. The van der Waals surface area contributed by atoms with E-state index in [9.17, 15) is 4.79 Å². The van der Waals surface area contributed by atoms with Crippen LogP contribution in [0.5, 0.6) is 0 Å².